The highest BCUT2D eigenvalue weighted by atomic mass is 35.5. The van der Waals surface area contributed by atoms with Crippen molar-refractivity contribution >= 4 is 29.0 Å². The third-order valence-electron chi connectivity index (χ3n) is 3.80. The molecule has 0 N–H and O–H groups in total. The Kier molecular flexibility index (Phi) is 3.32. The van der Waals surface area contributed by atoms with E-state index in [1.165, 1.54) is 0 Å². The summed E-state index contributed by atoms with van der Waals surface area (Å²) in [6, 6.07) is 5.17. The molecule has 2 bridgehead atoms. The molecule has 0 spiro atoms. The number of piperazine rings is 3. The first kappa shape index (κ1) is 12.4. The van der Waals surface area contributed by atoms with E-state index in [4.69, 9.17) is 23.2 Å². The topological polar surface area (TPSA) is 23.6 Å². The first-order valence-corrected chi connectivity index (χ1v) is 6.87. The second kappa shape index (κ2) is 4.82. The van der Waals surface area contributed by atoms with Crippen LogP contribution in [0.4, 0.5) is 0 Å². The summed E-state index contributed by atoms with van der Waals surface area (Å²) in [4.78, 5) is 17.1. The highest BCUT2D eigenvalue weighted by Gasteiger charge is 2.37. The van der Waals surface area contributed by atoms with Crippen molar-refractivity contribution in [1.29, 1.82) is 0 Å². The minimum atomic E-state index is -0.0662. The molecule has 3 fully saturated rings. The van der Waals surface area contributed by atoms with Crippen LogP contribution in [0.5, 0.6) is 0 Å². The lowest BCUT2D eigenvalue weighted by atomic mass is 9.98. The molecule has 5 heteroatoms. The molecular formula is C13H14Cl2N2O. The zero-order valence-corrected chi connectivity index (χ0v) is 11.4. The number of hydrogen-bond donors (Lipinski definition) is 0. The lowest BCUT2D eigenvalue weighted by molar-refractivity contribution is 0.0159. The van der Waals surface area contributed by atoms with Gasteiger partial charge < -0.3 is 0 Å². The second-order valence-corrected chi connectivity index (χ2v) is 5.60. The number of halogens is 2. The van der Waals surface area contributed by atoms with Crippen LogP contribution in [0.2, 0.25) is 10.0 Å². The molecule has 0 aromatic heterocycles. The smallest absolute Gasteiger partial charge is 0.182 e. The van der Waals surface area contributed by atoms with Gasteiger partial charge in [0.1, 0.15) is 0 Å². The van der Waals surface area contributed by atoms with Crippen LogP contribution in [0.3, 0.4) is 0 Å². The van der Waals surface area contributed by atoms with Crippen molar-refractivity contribution in [1.82, 2.24) is 9.80 Å². The van der Waals surface area contributed by atoms with E-state index in [1.54, 1.807) is 18.2 Å². The van der Waals surface area contributed by atoms with Gasteiger partial charge in [-0.2, -0.15) is 0 Å². The van der Waals surface area contributed by atoms with E-state index < -0.39 is 0 Å². The molecule has 0 amide bonds. The molecule has 0 aliphatic carbocycles. The summed E-state index contributed by atoms with van der Waals surface area (Å²) in [5.74, 6) is 0.0897. The summed E-state index contributed by atoms with van der Waals surface area (Å²) >= 11 is 12.1. The Hall–Kier alpha value is -0.610. The van der Waals surface area contributed by atoms with Crippen LogP contribution in [0.25, 0.3) is 0 Å². The molecule has 0 saturated carbocycles. The van der Waals surface area contributed by atoms with Crippen molar-refractivity contribution in [3.63, 3.8) is 0 Å². The Bertz CT molecular complexity index is 484. The highest BCUT2D eigenvalue weighted by Crippen LogP contribution is 2.28. The molecule has 96 valence electrons. The van der Waals surface area contributed by atoms with Crippen LogP contribution >= 0.6 is 23.2 Å². The average molecular weight is 285 g/mol. The van der Waals surface area contributed by atoms with E-state index in [1.807, 2.05) is 0 Å². The van der Waals surface area contributed by atoms with Gasteiger partial charge in [0, 0.05) is 38.3 Å². The van der Waals surface area contributed by atoms with Gasteiger partial charge in [-0.15, -0.1) is 0 Å². The summed E-state index contributed by atoms with van der Waals surface area (Å²) in [6.45, 7) is 4.87. The Labute approximate surface area is 116 Å². The van der Waals surface area contributed by atoms with Crippen molar-refractivity contribution in [2.24, 2.45) is 0 Å². The Morgan fingerprint density at radius 1 is 1.17 bits per heavy atom. The molecule has 3 aliphatic heterocycles. The number of Topliss-reactive ketones (excluding diaryl/α,β-unsaturated/α-hetero) is 1. The minimum absolute atomic E-state index is 0.0662. The number of carbonyl (C=O) groups is 1. The predicted octanol–water partition coefficient (Wildman–Crippen LogP) is 2.18. The van der Waals surface area contributed by atoms with Crippen LogP contribution in [-0.2, 0) is 0 Å². The number of benzene rings is 1. The highest BCUT2D eigenvalue weighted by molar-refractivity contribution is 6.44. The monoisotopic (exact) mass is 284 g/mol. The molecule has 1 atom stereocenters. The normalized spacial score (nSPS) is 30.4. The van der Waals surface area contributed by atoms with Gasteiger partial charge in [-0.05, 0) is 12.1 Å². The summed E-state index contributed by atoms with van der Waals surface area (Å²) in [5.41, 5.74) is 0.544. The number of hydrogen-bond acceptors (Lipinski definition) is 3. The Morgan fingerprint density at radius 2 is 1.89 bits per heavy atom. The quantitative estimate of drug-likeness (QED) is 0.778. The molecule has 4 rings (SSSR count). The first-order valence-electron chi connectivity index (χ1n) is 6.11. The average Bonchev–Trinajstić information content (AvgIpc) is 2.42. The number of fused-ring (bicyclic) bond motifs is 3. The fraction of sp³-hybridized carbons (Fsp3) is 0.462. The zero-order valence-electron chi connectivity index (χ0n) is 9.90. The fourth-order valence-corrected chi connectivity index (χ4v) is 3.13. The summed E-state index contributed by atoms with van der Waals surface area (Å²) in [6.07, 6.45) is 0. The molecule has 3 heterocycles. The van der Waals surface area contributed by atoms with E-state index in [0.29, 0.717) is 15.6 Å². The standard InChI is InChI=1S/C13H14Cl2N2O/c14-10-3-1-2-9(12(10)15)13(18)11-8-16-4-6-17(11)7-5-16/h1-3,11H,4-8H2. The van der Waals surface area contributed by atoms with Gasteiger partial charge in [-0.1, -0.05) is 29.3 Å². The Balaban J connectivity index is 1.88. The van der Waals surface area contributed by atoms with Crippen LogP contribution in [-0.4, -0.2) is 54.3 Å². The maximum Gasteiger partial charge on any atom is 0.182 e. The summed E-state index contributed by atoms with van der Waals surface area (Å²) in [5, 5.41) is 0.820. The molecule has 1 aromatic carbocycles. The predicted molar refractivity (Wildman–Crippen MR) is 72.6 cm³/mol. The van der Waals surface area contributed by atoms with E-state index in [9.17, 15) is 4.79 Å². The molecule has 3 saturated heterocycles. The van der Waals surface area contributed by atoms with Crippen LogP contribution in [0.15, 0.2) is 18.2 Å². The van der Waals surface area contributed by atoms with Gasteiger partial charge in [0.2, 0.25) is 0 Å². The summed E-state index contributed by atoms with van der Waals surface area (Å²) in [7, 11) is 0. The van der Waals surface area contributed by atoms with Gasteiger partial charge >= 0.3 is 0 Å². The van der Waals surface area contributed by atoms with Crippen molar-refractivity contribution in [3.05, 3.63) is 33.8 Å². The lowest BCUT2D eigenvalue weighted by Gasteiger charge is -2.46. The molecular weight excluding hydrogens is 271 g/mol. The van der Waals surface area contributed by atoms with Crippen LogP contribution < -0.4 is 0 Å². The van der Waals surface area contributed by atoms with Gasteiger partial charge in [-0.3, -0.25) is 14.6 Å². The van der Waals surface area contributed by atoms with E-state index in [0.717, 1.165) is 32.7 Å². The van der Waals surface area contributed by atoms with Crippen molar-refractivity contribution in [2.75, 3.05) is 32.7 Å². The fourth-order valence-electron chi connectivity index (χ4n) is 2.74. The summed E-state index contributed by atoms with van der Waals surface area (Å²) < 4.78 is 0. The SMILES string of the molecule is O=C(c1cccc(Cl)c1Cl)C1CN2CCN1CC2. The van der Waals surface area contributed by atoms with Crippen molar-refractivity contribution < 1.29 is 4.79 Å². The van der Waals surface area contributed by atoms with E-state index in [-0.39, 0.29) is 11.8 Å². The Morgan fingerprint density at radius 3 is 2.50 bits per heavy atom. The third kappa shape index (κ3) is 2.05. The van der Waals surface area contributed by atoms with Crippen molar-refractivity contribution in [3.8, 4) is 0 Å². The first-order chi connectivity index (χ1) is 8.66. The maximum atomic E-state index is 12.6. The lowest BCUT2D eigenvalue weighted by Crippen LogP contribution is -2.63. The molecule has 3 aliphatic rings. The van der Waals surface area contributed by atoms with E-state index >= 15 is 0 Å². The zero-order chi connectivity index (χ0) is 12.7. The number of nitrogens with zero attached hydrogens (tertiary/aromatic N) is 2. The number of ketones is 1. The number of carbonyl (C=O) groups excluding carboxylic acids is 1. The third-order valence-corrected chi connectivity index (χ3v) is 4.62. The molecule has 18 heavy (non-hydrogen) atoms. The molecule has 3 nitrogen and oxygen atoms in total. The van der Waals surface area contributed by atoms with Crippen LogP contribution in [0, 0.1) is 0 Å². The maximum absolute atomic E-state index is 12.6. The van der Waals surface area contributed by atoms with Gasteiger partial charge in [0.15, 0.2) is 5.78 Å². The van der Waals surface area contributed by atoms with Gasteiger partial charge in [-0.25, -0.2) is 0 Å². The minimum Gasteiger partial charge on any atom is -0.299 e. The molecule has 1 aromatic rings. The van der Waals surface area contributed by atoms with Crippen LogP contribution in [0.1, 0.15) is 10.4 Å². The van der Waals surface area contributed by atoms with Gasteiger partial charge in [0.25, 0.3) is 0 Å². The number of rotatable bonds is 2. The van der Waals surface area contributed by atoms with Gasteiger partial charge in [0.05, 0.1) is 16.1 Å². The van der Waals surface area contributed by atoms with E-state index in [2.05, 4.69) is 9.80 Å². The largest absolute Gasteiger partial charge is 0.299 e. The molecule has 0 radical (unpaired) electrons. The van der Waals surface area contributed by atoms with Crippen molar-refractivity contribution in [2.45, 2.75) is 6.04 Å². The second-order valence-electron chi connectivity index (χ2n) is 4.82. The molecule has 1 unspecified atom stereocenters.